The molecule has 0 saturated carbocycles. The van der Waals surface area contributed by atoms with E-state index >= 15 is 0 Å². The van der Waals surface area contributed by atoms with Crippen LogP contribution in [-0.2, 0) is 14.3 Å². The molecule has 0 rings (SSSR count). The highest BCUT2D eigenvalue weighted by atomic mass is 16.5. The van der Waals surface area contributed by atoms with Crippen LogP contribution in [0.4, 0.5) is 4.79 Å². The summed E-state index contributed by atoms with van der Waals surface area (Å²) in [6.45, 7) is 4.88. The third kappa shape index (κ3) is 8.39. The van der Waals surface area contributed by atoms with E-state index < -0.39 is 5.97 Å². The van der Waals surface area contributed by atoms with Crippen molar-refractivity contribution in [3.8, 4) is 0 Å². The van der Waals surface area contributed by atoms with Gasteiger partial charge in [-0.25, -0.2) is 4.79 Å². The summed E-state index contributed by atoms with van der Waals surface area (Å²) in [7, 11) is 3.12. The molecule has 0 aromatic carbocycles. The number of carbonyl (C=O) groups excluding carboxylic acids is 1. The van der Waals surface area contributed by atoms with Crippen molar-refractivity contribution in [1.82, 2.24) is 9.80 Å². The fraction of sp³-hybridized carbons (Fsp3) is 0.833. The molecule has 0 atom stereocenters. The molecule has 0 aliphatic carbocycles. The number of carboxylic acid groups (broad SMARTS) is 1. The molecule has 0 aromatic rings. The van der Waals surface area contributed by atoms with Gasteiger partial charge in [-0.15, -0.1) is 0 Å². The Balaban J connectivity index is 4.29. The van der Waals surface area contributed by atoms with Gasteiger partial charge >= 0.3 is 12.0 Å². The van der Waals surface area contributed by atoms with Gasteiger partial charge in [-0.2, -0.15) is 0 Å². The molecule has 7 heteroatoms. The van der Waals surface area contributed by atoms with Gasteiger partial charge in [0.25, 0.3) is 0 Å². The van der Waals surface area contributed by atoms with E-state index in [-0.39, 0.29) is 25.2 Å². The zero-order chi connectivity index (χ0) is 14.8. The Labute approximate surface area is 114 Å². The lowest BCUT2D eigenvalue weighted by Crippen LogP contribution is -2.46. The van der Waals surface area contributed by atoms with Crippen molar-refractivity contribution < 1.29 is 24.2 Å². The number of amides is 2. The molecule has 0 aliphatic rings. The molecular formula is C12H24N2O5. The van der Waals surface area contributed by atoms with Crippen LogP contribution in [0.15, 0.2) is 0 Å². The van der Waals surface area contributed by atoms with Crippen molar-refractivity contribution in [1.29, 1.82) is 0 Å². The van der Waals surface area contributed by atoms with Gasteiger partial charge in [-0.1, -0.05) is 0 Å². The van der Waals surface area contributed by atoms with E-state index in [1.807, 2.05) is 13.8 Å². The summed E-state index contributed by atoms with van der Waals surface area (Å²) in [6.07, 6.45) is 0.104. The molecule has 0 aromatic heterocycles. The number of aliphatic carboxylic acids is 1. The minimum atomic E-state index is -1.05. The first-order valence-corrected chi connectivity index (χ1v) is 6.20. The van der Waals surface area contributed by atoms with Crippen LogP contribution in [0.1, 0.15) is 13.8 Å². The summed E-state index contributed by atoms with van der Waals surface area (Å²) in [5, 5.41) is 8.78. The monoisotopic (exact) mass is 276 g/mol. The maximum absolute atomic E-state index is 12.0. The largest absolute Gasteiger partial charge is 0.480 e. The molecular weight excluding hydrogens is 252 g/mol. The van der Waals surface area contributed by atoms with Crippen LogP contribution in [0.5, 0.6) is 0 Å². The van der Waals surface area contributed by atoms with Gasteiger partial charge in [0.2, 0.25) is 0 Å². The Hall–Kier alpha value is -1.34. The first kappa shape index (κ1) is 17.7. The van der Waals surface area contributed by atoms with E-state index in [0.29, 0.717) is 19.8 Å². The van der Waals surface area contributed by atoms with Crippen molar-refractivity contribution in [2.75, 3.05) is 47.0 Å². The van der Waals surface area contributed by atoms with Crippen LogP contribution in [0.2, 0.25) is 0 Å². The predicted octanol–water partition coefficient (Wildman–Crippen LogP) is 0.496. The first-order valence-electron chi connectivity index (χ1n) is 6.20. The number of urea groups is 1. The van der Waals surface area contributed by atoms with Crippen molar-refractivity contribution in [3.05, 3.63) is 0 Å². The van der Waals surface area contributed by atoms with E-state index in [1.165, 1.54) is 16.9 Å². The fourth-order valence-corrected chi connectivity index (χ4v) is 1.37. The topological polar surface area (TPSA) is 79.3 Å². The van der Waals surface area contributed by atoms with Crippen molar-refractivity contribution >= 4 is 12.0 Å². The first-order chi connectivity index (χ1) is 8.88. The minimum absolute atomic E-state index is 0.104. The summed E-state index contributed by atoms with van der Waals surface area (Å²) < 4.78 is 10.2. The van der Waals surface area contributed by atoms with E-state index in [9.17, 15) is 9.59 Å². The molecule has 0 fully saturated rings. The summed E-state index contributed by atoms with van der Waals surface area (Å²) in [6, 6.07) is -0.341. The molecule has 0 unspecified atom stereocenters. The number of rotatable bonds is 9. The molecule has 0 bridgehead atoms. The molecule has 1 N–H and O–H groups in total. The summed E-state index contributed by atoms with van der Waals surface area (Å²) >= 11 is 0. The van der Waals surface area contributed by atoms with E-state index in [4.69, 9.17) is 14.6 Å². The van der Waals surface area contributed by atoms with Crippen LogP contribution in [0.3, 0.4) is 0 Å². The third-order valence-electron chi connectivity index (χ3n) is 2.37. The third-order valence-corrected chi connectivity index (χ3v) is 2.37. The summed E-state index contributed by atoms with van der Waals surface area (Å²) in [5.41, 5.74) is 0. The molecule has 0 radical (unpaired) electrons. The molecule has 19 heavy (non-hydrogen) atoms. The zero-order valence-electron chi connectivity index (χ0n) is 12.1. The van der Waals surface area contributed by atoms with Crippen LogP contribution >= 0.6 is 0 Å². The Morgan fingerprint density at radius 3 is 2.32 bits per heavy atom. The van der Waals surface area contributed by atoms with E-state index in [2.05, 4.69) is 0 Å². The SMILES string of the molecule is COCCN(CC(=O)O)C(=O)N(C)CCOC(C)C. The van der Waals surface area contributed by atoms with Gasteiger partial charge in [0.1, 0.15) is 6.54 Å². The average molecular weight is 276 g/mol. The second-order valence-corrected chi connectivity index (χ2v) is 4.43. The number of ether oxygens (including phenoxy) is 2. The van der Waals surface area contributed by atoms with Crippen LogP contribution < -0.4 is 0 Å². The molecule has 7 nitrogen and oxygen atoms in total. The van der Waals surface area contributed by atoms with Gasteiger partial charge < -0.3 is 24.4 Å². The van der Waals surface area contributed by atoms with Gasteiger partial charge in [0, 0.05) is 27.2 Å². The Bertz CT molecular complexity index is 283. The van der Waals surface area contributed by atoms with E-state index in [1.54, 1.807) is 7.05 Å². The van der Waals surface area contributed by atoms with Gasteiger partial charge in [-0.3, -0.25) is 4.79 Å². The minimum Gasteiger partial charge on any atom is -0.480 e. The summed E-state index contributed by atoms with van der Waals surface area (Å²) in [5.74, 6) is -1.05. The summed E-state index contributed by atoms with van der Waals surface area (Å²) in [4.78, 5) is 25.4. The second kappa shape index (κ2) is 9.57. The van der Waals surface area contributed by atoms with Crippen LogP contribution in [-0.4, -0.2) is 80.0 Å². The Kier molecular flexibility index (Phi) is 8.90. The molecule has 0 aliphatic heterocycles. The zero-order valence-corrected chi connectivity index (χ0v) is 12.1. The standard InChI is InChI=1S/C12H24N2O5/c1-10(2)19-8-5-13(3)12(17)14(6-7-18-4)9-11(15)16/h10H,5-9H2,1-4H3,(H,15,16). The highest BCUT2D eigenvalue weighted by Crippen LogP contribution is 1.98. The fourth-order valence-electron chi connectivity index (χ4n) is 1.37. The lowest BCUT2D eigenvalue weighted by Gasteiger charge is -2.27. The van der Waals surface area contributed by atoms with Gasteiger partial charge in [-0.05, 0) is 13.8 Å². The van der Waals surface area contributed by atoms with Crippen LogP contribution in [0.25, 0.3) is 0 Å². The second-order valence-electron chi connectivity index (χ2n) is 4.43. The van der Waals surface area contributed by atoms with Crippen molar-refractivity contribution in [2.24, 2.45) is 0 Å². The normalized spacial score (nSPS) is 10.6. The Morgan fingerprint density at radius 2 is 1.84 bits per heavy atom. The molecule has 2 amide bonds. The van der Waals surface area contributed by atoms with Gasteiger partial charge in [0.15, 0.2) is 0 Å². The highest BCUT2D eigenvalue weighted by molar-refractivity contribution is 5.80. The molecule has 0 spiro atoms. The van der Waals surface area contributed by atoms with Gasteiger partial charge in [0.05, 0.1) is 19.3 Å². The smallest absolute Gasteiger partial charge is 0.323 e. The molecule has 0 saturated heterocycles. The Morgan fingerprint density at radius 1 is 1.21 bits per heavy atom. The maximum atomic E-state index is 12.0. The molecule has 0 heterocycles. The predicted molar refractivity (Wildman–Crippen MR) is 70.2 cm³/mol. The molecule has 112 valence electrons. The van der Waals surface area contributed by atoms with E-state index in [0.717, 1.165) is 0 Å². The number of carbonyl (C=O) groups is 2. The quantitative estimate of drug-likeness (QED) is 0.663. The average Bonchev–Trinajstić information content (AvgIpc) is 2.32. The van der Waals surface area contributed by atoms with Crippen molar-refractivity contribution in [3.63, 3.8) is 0 Å². The number of carboxylic acids is 1. The maximum Gasteiger partial charge on any atom is 0.323 e. The number of nitrogens with zero attached hydrogens (tertiary/aromatic N) is 2. The number of hydrogen-bond acceptors (Lipinski definition) is 4. The van der Waals surface area contributed by atoms with Crippen LogP contribution in [0, 0.1) is 0 Å². The lowest BCUT2D eigenvalue weighted by atomic mass is 10.4. The number of hydrogen-bond donors (Lipinski definition) is 1. The highest BCUT2D eigenvalue weighted by Gasteiger charge is 2.20. The van der Waals surface area contributed by atoms with Crippen molar-refractivity contribution in [2.45, 2.75) is 20.0 Å². The number of likely N-dealkylation sites (N-methyl/N-ethyl adjacent to an activating group) is 1. The lowest BCUT2D eigenvalue weighted by molar-refractivity contribution is -0.137. The number of methoxy groups -OCH3 is 1.